The number of carbonyl (C=O) groups excluding carboxylic acids is 2. The second kappa shape index (κ2) is 4.79. The average Bonchev–Trinajstić information content (AvgIpc) is 2.59. The van der Waals surface area contributed by atoms with Gasteiger partial charge in [0.2, 0.25) is 5.91 Å². The van der Waals surface area contributed by atoms with E-state index in [0.717, 1.165) is 18.2 Å². The van der Waals surface area contributed by atoms with Crippen LogP contribution in [0.25, 0.3) is 0 Å². The van der Waals surface area contributed by atoms with Gasteiger partial charge in [-0.3, -0.25) is 19.7 Å². The van der Waals surface area contributed by atoms with Crippen molar-refractivity contribution in [2.75, 3.05) is 6.54 Å². The molecule has 1 unspecified atom stereocenters. The first kappa shape index (κ1) is 14.9. The molecule has 0 fully saturated rings. The van der Waals surface area contributed by atoms with Gasteiger partial charge >= 0.3 is 0 Å². The lowest BCUT2D eigenvalue weighted by atomic mass is 10.2. The molecule has 0 aliphatic carbocycles. The number of non-ortho nitro benzene ring substituents is 1. The maximum absolute atomic E-state index is 12.2. The number of nitrogens with two attached hydrogens (primary N) is 2. The van der Waals surface area contributed by atoms with Crippen molar-refractivity contribution in [1.29, 1.82) is 0 Å². The van der Waals surface area contributed by atoms with Crippen molar-refractivity contribution < 1.29 is 22.9 Å². The van der Waals surface area contributed by atoms with Crippen LogP contribution in [0.2, 0.25) is 0 Å². The van der Waals surface area contributed by atoms with E-state index in [-0.39, 0.29) is 5.56 Å². The van der Waals surface area contributed by atoms with Crippen LogP contribution < -0.4 is 11.5 Å². The van der Waals surface area contributed by atoms with Gasteiger partial charge in [-0.1, -0.05) is 0 Å². The van der Waals surface area contributed by atoms with Crippen molar-refractivity contribution in [3.63, 3.8) is 0 Å². The summed E-state index contributed by atoms with van der Waals surface area (Å²) in [7, 11) is -4.29. The number of nitro groups is 1. The number of fused-ring (bicyclic) bond motifs is 1. The Morgan fingerprint density at radius 1 is 1.43 bits per heavy atom. The third-order valence-electron chi connectivity index (χ3n) is 2.93. The van der Waals surface area contributed by atoms with Gasteiger partial charge in [-0.15, -0.1) is 0 Å². The predicted octanol–water partition coefficient (Wildman–Crippen LogP) is -1.45. The molecule has 21 heavy (non-hydrogen) atoms. The number of sulfonamides is 1. The Bertz CT molecular complexity index is 759. The fourth-order valence-corrected chi connectivity index (χ4v) is 3.44. The molecule has 1 heterocycles. The van der Waals surface area contributed by atoms with Crippen molar-refractivity contribution in [3.8, 4) is 0 Å². The van der Waals surface area contributed by atoms with Gasteiger partial charge in [0.25, 0.3) is 21.6 Å². The van der Waals surface area contributed by atoms with Crippen molar-refractivity contribution in [2.24, 2.45) is 11.5 Å². The molecule has 0 aromatic heterocycles. The molecule has 10 nitrogen and oxygen atoms in total. The highest BCUT2D eigenvalue weighted by molar-refractivity contribution is 7.90. The second-order valence-corrected chi connectivity index (χ2v) is 6.12. The van der Waals surface area contributed by atoms with Crippen molar-refractivity contribution in [2.45, 2.75) is 10.9 Å². The van der Waals surface area contributed by atoms with E-state index < -0.39 is 49.9 Å². The van der Waals surface area contributed by atoms with Crippen LogP contribution in [0.4, 0.5) is 5.69 Å². The zero-order valence-corrected chi connectivity index (χ0v) is 11.2. The highest BCUT2D eigenvalue weighted by atomic mass is 32.2. The Morgan fingerprint density at radius 3 is 2.57 bits per heavy atom. The van der Waals surface area contributed by atoms with E-state index in [2.05, 4.69) is 0 Å². The molecular weight excluding hydrogens is 304 g/mol. The van der Waals surface area contributed by atoms with Crippen molar-refractivity contribution >= 4 is 27.5 Å². The largest absolute Gasteiger partial charge is 0.368 e. The number of rotatable bonds is 4. The molecule has 0 bridgehead atoms. The summed E-state index contributed by atoms with van der Waals surface area (Å²) in [4.78, 5) is 32.3. The Hall–Kier alpha value is -2.53. The first-order valence-electron chi connectivity index (χ1n) is 5.56. The van der Waals surface area contributed by atoms with Gasteiger partial charge in [-0.25, -0.2) is 12.7 Å². The molecule has 1 aromatic rings. The number of nitrogens with zero attached hydrogens (tertiary/aromatic N) is 2. The van der Waals surface area contributed by atoms with Crippen LogP contribution >= 0.6 is 0 Å². The molecule has 11 heteroatoms. The molecule has 112 valence electrons. The van der Waals surface area contributed by atoms with Gasteiger partial charge in [0.15, 0.2) is 0 Å². The summed E-state index contributed by atoms with van der Waals surface area (Å²) in [6.45, 7) is -0.626. The molecule has 2 rings (SSSR count). The topological polar surface area (TPSA) is 167 Å². The highest BCUT2D eigenvalue weighted by Gasteiger charge is 2.43. The fraction of sp³-hybridized carbons (Fsp3) is 0.200. The standard InChI is InChI=1S/C10H10N4O6S/c11-7(9(12)15)4-13-10(16)6-2-1-5(14(17)18)3-8(6)21(13,19)20/h1-3,7H,4,11H2,(H2,12,15). The van der Waals surface area contributed by atoms with Crippen molar-refractivity contribution in [3.05, 3.63) is 33.9 Å². The van der Waals surface area contributed by atoms with Crippen LogP contribution in [-0.2, 0) is 14.8 Å². The van der Waals surface area contributed by atoms with E-state index in [0.29, 0.717) is 4.31 Å². The number of nitro benzene ring substituents is 1. The van der Waals surface area contributed by atoms with Gasteiger partial charge < -0.3 is 11.5 Å². The van der Waals surface area contributed by atoms with E-state index in [1.807, 2.05) is 0 Å². The lowest BCUT2D eigenvalue weighted by Crippen LogP contribution is -2.47. The Balaban J connectivity index is 2.50. The smallest absolute Gasteiger partial charge is 0.270 e. The Morgan fingerprint density at radius 2 is 2.05 bits per heavy atom. The van der Waals surface area contributed by atoms with Crippen molar-refractivity contribution in [1.82, 2.24) is 4.31 Å². The number of hydrogen-bond donors (Lipinski definition) is 2. The molecular formula is C10H10N4O6S. The number of amides is 2. The number of benzene rings is 1. The summed E-state index contributed by atoms with van der Waals surface area (Å²) in [5, 5.41) is 10.7. The molecule has 4 N–H and O–H groups in total. The second-order valence-electron chi connectivity index (χ2n) is 4.29. The summed E-state index contributed by atoms with van der Waals surface area (Å²) in [6.07, 6.45) is 0. The number of carbonyl (C=O) groups is 2. The normalized spacial score (nSPS) is 17.4. The van der Waals surface area contributed by atoms with E-state index in [9.17, 15) is 28.1 Å². The molecule has 0 spiro atoms. The maximum atomic E-state index is 12.2. The number of hydrogen-bond acceptors (Lipinski definition) is 7. The third-order valence-corrected chi connectivity index (χ3v) is 4.72. The molecule has 0 saturated carbocycles. The summed E-state index contributed by atoms with van der Waals surface area (Å²) >= 11 is 0. The third kappa shape index (κ3) is 2.32. The van der Waals surface area contributed by atoms with Crippen LogP contribution in [0.3, 0.4) is 0 Å². The predicted molar refractivity (Wildman–Crippen MR) is 68.5 cm³/mol. The lowest BCUT2D eigenvalue weighted by Gasteiger charge is -2.17. The molecule has 1 atom stereocenters. The van der Waals surface area contributed by atoms with Gasteiger partial charge in [-0.05, 0) is 6.07 Å². The molecule has 1 aliphatic rings. The van der Waals surface area contributed by atoms with E-state index in [1.165, 1.54) is 0 Å². The SMILES string of the molecule is NC(=O)C(N)CN1C(=O)c2ccc([N+](=O)[O-])cc2S1(=O)=O. The molecule has 2 amide bonds. The maximum Gasteiger partial charge on any atom is 0.270 e. The van der Waals surface area contributed by atoms with Crippen LogP contribution in [0.1, 0.15) is 10.4 Å². The van der Waals surface area contributed by atoms with Crippen LogP contribution in [0, 0.1) is 10.1 Å². The zero-order chi connectivity index (χ0) is 15.9. The van der Waals surface area contributed by atoms with Gasteiger partial charge in [0.05, 0.1) is 17.0 Å². The van der Waals surface area contributed by atoms with Crippen LogP contribution in [-0.4, -0.2) is 42.0 Å². The fourth-order valence-electron chi connectivity index (χ4n) is 1.83. The van der Waals surface area contributed by atoms with E-state index >= 15 is 0 Å². The minimum Gasteiger partial charge on any atom is -0.368 e. The summed E-state index contributed by atoms with van der Waals surface area (Å²) < 4.78 is 24.8. The average molecular weight is 314 g/mol. The van der Waals surface area contributed by atoms with Gasteiger partial charge in [-0.2, -0.15) is 0 Å². The highest BCUT2D eigenvalue weighted by Crippen LogP contribution is 2.32. The summed E-state index contributed by atoms with van der Waals surface area (Å²) in [6, 6.07) is 1.48. The molecule has 0 radical (unpaired) electrons. The molecule has 1 aliphatic heterocycles. The minimum atomic E-state index is -4.29. The first-order chi connectivity index (χ1) is 9.66. The quantitative estimate of drug-likeness (QED) is 0.506. The number of primary amides is 1. The molecule has 0 saturated heterocycles. The van der Waals surface area contributed by atoms with Crippen LogP contribution in [0.5, 0.6) is 0 Å². The summed E-state index contributed by atoms with van der Waals surface area (Å²) in [5.41, 5.74) is 9.61. The first-order valence-corrected chi connectivity index (χ1v) is 7.00. The Labute approximate surface area is 118 Å². The van der Waals surface area contributed by atoms with Gasteiger partial charge in [0, 0.05) is 12.1 Å². The molecule has 1 aromatic carbocycles. The van der Waals surface area contributed by atoms with E-state index in [4.69, 9.17) is 11.5 Å². The summed E-state index contributed by atoms with van der Waals surface area (Å²) in [5.74, 6) is -1.88. The lowest BCUT2D eigenvalue weighted by molar-refractivity contribution is -0.385. The monoisotopic (exact) mass is 314 g/mol. The zero-order valence-electron chi connectivity index (χ0n) is 10.4. The Kier molecular flexibility index (Phi) is 3.39. The van der Waals surface area contributed by atoms with Gasteiger partial charge in [0.1, 0.15) is 10.9 Å². The van der Waals surface area contributed by atoms with E-state index in [1.54, 1.807) is 0 Å². The van der Waals surface area contributed by atoms with Crippen LogP contribution in [0.15, 0.2) is 23.1 Å². The minimum absolute atomic E-state index is 0.211.